The fraction of sp³-hybridized carbons (Fsp3) is 0.211. The van der Waals surface area contributed by atoms with Gasteiger partial charge in [0.05, 0.1) is 18.3 Å². The molecule has 1 aliphatic carbocycles. The number of anilines is 3. The number of aromatic nitrogens is 4. The van der Waals surface area contributed by atoms with Gasteiger partial charge in [-0.2, -0.15) is 19.6 Å². The SMILES string of the molecule is O=C1CC(=Cc2cnn3c(NC4CC4)nc(Nc4cc(Cl)ccc4F)nc23)C(=O)N1. The Balaban J connectivity index is 1.59. The number of halogens is 2. The molecule has 5 rings (SSSR count). The molecule has 9 nitrogen and oxygen atoms in total. The van der Waals surface area contributed by atoms with Crippen molar-refractivity contribution in [2.75, 3.05) is 10.6 Å². The molecular weight excluding hydrogens is 413 g/mol. The number of nitrogens with one attached hydrogen (secondary N) is 3. The zero-order chi connectivity index (χ0) is 20.8. The third-order valence-corrected chi connectivity index (χ3v) is 4.94. The largest absolute Gasteiger partial charge is 0.351 e. The maximum Gasteiger partial charge on any atom is 0.254 e. The molecule has 1 aliphatic heterocycles. The smallest absolute Gasteiger partial charge is 0.254 e. The highest BCUT2D eigenvalue weighted by Gasteiger charge is 2.26. The highest BCUT2D eigenvalue weighted by Crippen LogP contribution is 2.28. The van der Waals surface area contributed by atoms with Crippen molar-refractivity contribution in [1.29, 1.82) is 0 Å². The number of fused-ring (bicyclic) bond motifs is 1. The van der Waals surface area contributed by atoms with E-state index < -0.39 is 11.7 Å². The third-order valence-electron chi connectivity index (χ3n) is 4.71. The number of carbonyl (C=O) groups excluding carboxylic acids is 2. The lowest BCUT2D eigenvalue weighted by atomic mass is 10.1. The van der Waals surface area contributed by atoms with Crippen LogP contribution in [0.2, 0.25) is 5.02 Å². The van der Waals surface area contributed by atoms with Crippen molar-refractivity contribution < 1.29 is 14.0 Å². The summed E-state index contributed by atoms with van der Waals surface area (Å²) in [6.07, 6.45) is 5.12. The number of nitrogens with zero attached hydrogens (tertiary/aromatic N) is 4. The van der Waals surface area contributed by atoms with Crippen LogP contribution in [0.15, 0.2) is 30.0 Å². The lowest BCUT2D eigenvalue weighted by Gasteiger charge is -2.11. The number of imide groups is 1. The molecule has 0 spiro atoms. The van der Waals surface area contributed by atoms with Crippen molar-refractivity contribution in [3.63, 3.8) is 0 Å². The van der Waals surface area contributed by atoms with E-state index in [-0.39, 0.29) is 30.0 Å². The van der Waals surface area contributed by atoms with E-state index in [2.05, 4.69) is 31.0 Å². The summed E-state index contributed by atoms with van der Waals surface area (Å²) in [6.45, 7) is 0. The van der Waals surface area contributed by atoms with Crippen LogP contribution in [0.1, 0.15) is 24.8 Å². The fourth-order valence-corrected chi connectivity index (χ4v) is 3.25. The molecule has 3 heterocycles. The lowest BCUT2D eigenvalue weighted by Crippen LogP contribution is -2.19. The van der Waals surface area contributed by atoms with Crippen LogP contribution >= 0.6 is 11.6 Å². The molecule has 2 amide bonds. The first-order valence-electron chi connectivity index (χ1n) is 9.25. The van der Waals surface area contributed by atoms with Crippen molar-refractivity contribution >= 4 is 52.7 Å². The monoisotopic (exact) mass is 427 g/mol. The second-order valence-electron chi connectivity index (χ2n) is 7.10. The summed E-state index contributed by atoms with van der Waals surface area (Å²) in [4.78, 5) is 32.2. The molecular formula is C19H15ClFN7O2. The lowest BCUT2D eigenvalue weighted by molar-refractivity contribution is -0.124. The van der Waals surface area contributed by atoms with E-state index >= 15 is 0 Å². The van der Waals surface area contributed by atoms with Crippen molar-refractivity contribution in [3.05, 3.63) is 46.4 Å². The Morgan fingerprint density at radius 1 is 1.27 bits per heavy atom. The van der Waals surface area contributed by atoms with Gasteiger partial charge in [-0.25, -0.2) is 4.39 Å². The minimum absolute atomic E-state index is 0.00668. The van der Waals surface area contributed by atoms with Crippen molar-refractivity contribution in [1.82, 2.24) is 24.9 Å². The maximum atomic E-state index is 14.2. The molecule has 2 aliphatic rings. The highest BCUT2D eigenvalue weighted by atomic mass is 35.5. The number of amides is 2. The van der Waals surface area contributed by atoms with Gasteiger partial charge in [0.25, 0.3) is 5.91 Å². The van der Waals surface area contributed by atoms with Crippen LogP contribution in [0, 0.1) is 5.82 Å². The predicted octanol–water partition coefficient (Wildman–Crippen LogP) is 2.66. The molecule has 2 fully saturated rings. The van der Waals surface area contributed by atoms with Crippen LogP contribution in [0.3, 0.4) is 0 Å². The number of benzene rings is 1. The molecule has 0 atom stereocenters. The number of rotatable bonds is 5. The number of hydrogen-bond acceptors (Lipinski definition) is 7. The van der Waals surface area contributed by atoms with E-state index in [1.54, 1.807) is 6.08 Å². The summed E-state index contributed by atoms with van der Waals surface area (Å²) in [5.41, 5.74) is 1.38. The zero-order valence-electron chi connectivity index (χ0n) is 15.4. The van der Waals surface area contributed by atoms with Gasteiger partial charge in [0.15, 0.2) is 5.65 Å². The summed E-state index contributed by atoms with van der Waals surface area (Å²) in [5.74, 6) is -0.726. The second kappa shape index (κ2) is 7.06. The van der Waals surface area contributed by atoms with Gasteiger partial charge in [0.1, 0.15) is 5.82 Å². The molecule has 0 unspecified atom stereocenters. The summed E-state index contributed by atoms with van der Waals surface area (Å²) >= 11 is 5.97. The topological polar surface area (TPSA) is 113 Å². The molecule has 1 aromatic carbocycles. The van der Waals surface area contributed by atoms with E-state index in [1.165, 1.54) is 28.9 Å². The van der Waals surface area contributed by atoms with Gasteiger partial charge in [0.2, 0.25) is 17.8 Å². The number of carbonyl (C=O) groups is 2. The number of hydrogen-bond donors (Lipinski definition) is 3. The van der Waals surface area contributed by atoms with E-state index in [9.17, 15) is 14.0 Å². The summed E-state index contributed by atoms with van der Waals surface area (Å²) in [6, 6.07) is 4.41. The van der Waals surface area contributed by atoms with E-state index in [1.807, 2.05) is 0 Å². The van der Waals surface area contributed by atoms with Crippen LogP contribution < -0.4 is 16.0 Å². The van der Waals surface area contributed by atoms with Crippen LogP contribution in [0.5, 0.6) is 0 Å². The molecule has 152 valence electrons. The molecule has 2 aromatic heterocycles. The molecule has 11 heteroatoms. The molecule has 0 radical (unpaired) electrons. The first-order chi connectivity index (χ1) is 14.5. The van der Waals surface area contributed by atoms with Gasteiger partial charge in [-0.3, -0.25) is 14.9 Å². The van der Waals surface area contributed by atoms with Gasteiger partial charge >= 0.3 is 0 Å². The van der Waals surface area contributed by atoms with Gasteiger partial charge in [0, 0.05) is 22.2 Å². The van der Waals surface area contributed by atoms with Gasteiger partial charge in [-0.05, 0) is 37.1 Å². The Bertz CT molecular complexity index is 1240. The van der Waals surface area contributed by atoms with Crippen LogP contribution in [-0.2, 0) is 9.59 Å². The van der Waals surface area contributed by atoms with Crippen LogP contribution in [-0.4, -0.2) is 37.4 Å². The quantitative estimate of drug-likeness (QED) is 0.423. The van der Waals surface area contributed by atoms with E-state index in [0.717, 1.165) is 12.8 Å². The molecule has 1 saturated carbocycles. The second-order valence-corrected chi connectivity index (χ2v) is 7.53. The van der Waals surface area contributed by atoms with Crippen LogP contribution in [0.25, 0.3) is 11.7 Å². The Morgan fingerprint density at radius 2 is 2.10 bits per heavy atom. The normalized spacial score (nSPS) is 17.6. The van der Waals surface area contributed by atoms with Crippen molar-refractivity contribution in [2.45, 2.75) is 25.3 Å². The minimum atomic E-state index is -0.503. The fourth-order valence-electron chi connectivity index (χ4n) is 3.08. The molecule has 1 saturated heterocycles. The Hall–Kier alpha value is -3.53. The Morgan fingerprint density at radius 3 is 2.83 bits per heavy atom. The van der Waals surface area contributed by atoms with Gasteiger partial charge in [-0.15, -0.1) is 0 Å². The summed E-state index contributed by atoms with van der Waals surface area (Å²) in [5, 5.41) is 13.0. The summed E-state index contributed by atoms with van der Waals surface area (Å²) < 4.78 is 15.7. The average molecular weight is 428 g/mol. The molecule has 3 aromatic rings. The first kappa shape index (κ1) is 18.5. The Kier molecular flexibility index (Phi) is 4.35. The van der Waals surface area contributed by atoms with Crippen LogP contribution in [0.4, 0.5) is 22.0 Å². The first-order valence-corrected chi connectivity index (χ1v) is 9.63. The molecule has 30 heavy (non-hydrogen) atoms. The third kappa shape index (κ3) is 3.57. The predicted molar refractivity (Wildman–Crippen MR) is 108 cm³/mol. The van der Waals surface area contributed by atoms with E-state index in [4.69, 9.17) is 11.6 Å². The highest BCUT2D eigenvalue weighted by molar-refractivity contribution is 6.30. The maximum absolute atomic E-state index is 14.2. The Labute approximate surface area is 174 Å². The van der Waals surface area contributed by atoms with Crippen molar-refractivity contribution in [2.24, 2.45) is 0 Å². The van der Waals surface area contributed by atoms with Crippen molar-refractivity contribution in [3.8, 4) is 0 Å². The zero-order valence-corrected chi connectivity index (χ0v) is 16.2. The van der Waals surface area contributed by atoms with Gasteiger partial charge < -0.3 is 10.6 Å². The molecule has 0 bridgehead atoms. The standard InChI is InChI=1S/C19H15ClFN7O2/c20-11-1-4-13(21)14(7-11)24-18-26-16-10(5-9-6-15(29)25-17(9)30)8-22-28(16)19(27-18)23-12-2-3-12/h1,4-5,7-8,12H,2-3,6H2,(H,25,29,30)(H2,23,24,26,27). The minimum Gasteiger partial charge on any atom is -0.351 e. The molecule has 3 N–H and O–H groups in total. The van der Waals surface area contributed by atoms with Gasteiger partial charge in [-0.1, -0.05) is 11.6 Å². The average Bonchev–Trinajstić information content (AvgIpc) is 3.34. The summed E-state index contributed by atoms with van der Waals surface area (Å²) in [7, 11) is 0. The van der Waals surface area contributed by atoms with E-state index in [0.29, 0.717) is 27.8 Å².